The number of hydrogen-bond donors (Lipinski definition) is 2. The standard InChI is InChI=1S/C22H19ClF4N2O2/c23-16-8-7-13(24)10-15(16)19-18-14(21(31)29-19)5-2-6-17(18)28-20(30)11-3-1-4-12(9-11)22(25,26)27/h2,5-8,10-12,19H,1,3-4,9H2,(H,28,30)(H,29,31)/t11-,12+,19?/m0/s1. The molecular formula is C22H19ClF4N2O2. The van der Waals surface area contributed by atoms with Gasteiger partial charge in [0.25, 0.3) is 5.91 Å². The molecule has 1 fully saturated rings. The van der Waals surface area contributed by atoms with Crippen LogP contribution >= 0.6 is 11.6 Å². The van der Waals surface area contributed by atoms with Gasteiger partial charge in [-0.2, -0.15) is 13.2 Å². The van der Waals surface area contributed by atoms with E-state index in [0.717, 1.165) is 0 Å². The van der Waals surface area contributed by atoms with Crippen molar-refractivity contribution in [3.63, 3.8) is 0 Å². The summed E-state index contributed by atoms with van der Waals surface area (Å²) in [7, 11) is 0. The van der Waals surface area contributed by atoms with E-state index in [1.54, 1.807) is 18.2 Å². The quantitative estimate of drug-likeness (QED) is 0.591. The van der Waals surface area contributed by atoms with E-state index in [0.29, 0.717) is 35.2 Å². The summed E-state index contributed by atoms with van der Waals surface area (Å²) >= 11 is 6.22. The highest BCUT2D eigenvalue weighted by Gasteiger charge is 2.44. The summed E-state index contributed by atoms with van der Waals surface area (Å²) in [4.78, 5) is 25.3. The molecule has 4 rings (SSSR count). The number of carbonyl (C=O) groups is 2. The topological polar surface area (TPSA) is 58.2 Å². The van der Waals surface area contributed by atoms with Crippen molar-refractivity contribution in [3.05, 3.63) is 63.9 Å². The zero-order chi connectivity index (χ0) is 22.3. The Morgan fingerprint density at radius 3 is 2.68 bits per heavy atom. The fourth-order valence-corrected chi connectivity index (χ4v) is 4.62. The highest BCUT2D eigenvalue weighted by Crippen LogP contribution is 2.42. The molecule has 1 unspecified atom stereocenters. The Balaban J connectivity index is 1.63. The Morgan fingerprint density at radius 2 is 1.94 bits per heavy atom. The third kappa shape index (κ3) is 4.26. The van der Waals surface area contributed by atoms with Crippen LogP contribution in [-0.4, -0.2) is 18.0 Å². The fraction of sp³-hybridized carbons (Fsp3) is 0.364. The highest BCUT2D eigenvalue weighted by molar-refractivity contribution is 6.31. The summed E-state index contributed by atoms with van der Waals surface area (Å²) in [6.45, 7) is 0. The second-order valence-corrected chi connectivity index (χ2v) is 8.34. The maximum atomic E-state index is 13.8. The van der Waals surface area contributed by atoms with Gasteiger partial charge in [-0.05, 0) is 49.6 Å². The summed E-state index contributed by atoms with van der Waals surface area (Å²) in [5.74, 6) is -3.75. The Labute approximate surface area is 181 Å². The van der Waals surface area contributed by atoms with Gasteiger partial charge in [0, 0.05) is 33.3 Å². The predicted octanol–water partition coefficient (Wildman–Crippen LogP) is 5.62. The van der Waals surface area contributed by atoms with Gasteiger partial charge in [0.15, 0.2) is 0 Å². The molecule has 2 aromatic carbocycles. The number of carbonyl (C=O) groups excluding carboxylic acids is 2. The number of benzene rings is 2. The monoisotopic (exact) mass is 454 g/mol. The Bertz CT molecular complexity index is 1040. The van der Waals surface area contributed by atoms with Crippen LogP contribution in [0, 0.1) is 17.7 Å². The Kier molecular flexibility index (Phi) is 5.68. The van der Waals surface area contributed by atoms with Crippen molar-refractivity contribution in [1.29, 1.82) is 0 Å². The molecule has 2 amide bonds. The van der Waals surface area contributed by atoms with E-state index in [1.165, 1.54) is 18.2 Å². The molecule has 9 heteroatoms. The molecule has 2 aliphatic rings. The smallest absolute Gasteiger partial charge is 0.341 e. The zero-order valence-corrected chi connectivity index (χ0v) is 17.0. The molecule has 0 bridgehead atoms. The van der Waals surface area contributed by atoms with E-state index in [2.05, 4.69) is 10.6 Å². The minimum absolute atomic E-state index is 0.0204. The van der Waals surface area contributed by atoms with Crippen LogP contribution in [0.5, 0.6) is 0 Å². The molecule has 2 N–H and O–H groups in total. The molecule has 0 spiro atoms. The summed E-state index contributed by atoms with van der Waals surface area (Å²) in [6, 6.07) is 7.68. The van der Waals surface area contributed by atoms with Crippen molar-refractivity contribution in [3.8, 4) is 0 Å². The normalized spacial score (nSPS) is 23.3. The number of fused-ring (bicyclic) bond motifs is 1. The van der Waals surface area contributed by atoms with E-state index in [-0.39, 0.29) is 17.9 Å². The number of rotatable bonds is 3. The zero-order valence-electron chi connectivity index (χ0n) is 16.2. The summed E-state index contributed by atoms with van der Waals surface area (Å²) in [5.41, 5.74) is 1.32. The average molecular weight is 455 g/mol. The first-order valence-corrected chi connectivity index (χ1v) is 10.3. The number of alkyl halides is 3. The number of hydrogen-bond acceptors (Lipinski definition) is 2. The van der Waals surface area contributed by atoms with Crippen molar-refractivity contribution in [2.45, 2.75) is 37.9 Å². The molecule has 1 aliphatic carbocycles. The molecule has 1 aliphatic heterocycles. The SMILES string of the molecule is O=C1NC(c2cc(F)ccc2Cl)c2c(NC(=O)[C@H]3CCC[C@@H](C(F)(F)F)C3)cccc21. The van der Waals surface area contributed by atoms with Gasteiger partial charge in [-0.1, -0.05) is 24.1 Å². The van der Waals surface area contributed by atoms with Crippen LogP contribution in [0.2, 0.25) is 5.02 Å². The number of amides is 2. The van der Waals surface area contributed by atoms with Gasteiger partial charge in [-0.15, -0.1) is 0 Å². The lowest BCUT2D eigenvalue weighted by atomic mass is 9.80. The first kappa shape index (κ1) is 21.6. The van der Waals surface area contributed by atoms with Gasteiger partial charge in [0.1, 0.15) is 5.82 Å². The molecule has 0 saturated heterocycles. The maximum Gasteiger partial charge on any atom is 0.391 e. The third-order valence-electron chi connectivity index (χ3n) is 5.95. The number of nitrogens with one attached hydrogen (secondary N) is 2. The minimum atomic E-state index is -4.33. The van der Waals surface area contributed by atoms with Gasteiger partial charge in [0.05, 0.1) is 12.0 Å². The molecule has 4 nitrogen and oxygen atoms in total. The van der Waals surface area contributed by atoms with Crippen LogP contribution < -0.4 is 10.6 Å². The van der Waals surface area contributed by atoms with Gasteiger partial charge < -0.3 is 10.6 Å². The van der Waals surface area contributed by atoms with E-state index >= 15 is 0 Å². The molecule has 31 heavy (non-hydrogen) atoms. The maximum absolute atomic E-state index is 13.8. The molecule has 1 heterocycles. The minimum Gasteiger partial charge on any atom is -0.341 e. The van der Waals surface area contributed by atoms with Gasteiger partial charge in [0.2, 0.25) is 5.91 Å². The molecule has 2 aromatic rings. The molecule has 0 radical (unpaired) electrons. The number of anilines is 1. The Morgan fingerprint density at radius 1 is 1.16 bits per heavy atom. The molecular weight excluding hydrogens is 436 g/mol. The van der Waals surface area contributed by atoms with E-state index < -0.39 is 41.7 Å². The van der Waals surface area contributed by atoms with E-state index in [1.807, 2.05) is 0 Å². The lowest BCUT2D eigenvalue weighted by Crippen LogP contribution is -2.34. The lowest BCUT2D eigenvalue weighted by molar-refractivity contribution is -0.185. The first-order valence-electron chi connectivity index (χ1n) is 9.91. The van der Waals surface area contributed by atoms with Crippen molar-refractivity contribution >= 4 is 29.1 Å². The predicted molar refractivity (Wildman–Crippen MR) is 107 cm³/mol. The molecule has 3 atom stereocenters. The second kappa shape index (κ2) is 8.15. The highest BCUT2D eigenvalue weighted by atomic mass is 35.5. The van der Waals surface area contributed by atoms with Gasteiger partial charge in [-0.25, -0.2) is 4.39 Å². The van der Waals surface area contributed by atoms with Gasteiger partial charge in [-0.3, -0.25) is 9.59 Å². The van der Waals surface area contributed by atoms with E-state index in [9.17, 15) is 27.2 Å². The van der Waals surface area contributed by atoms with Crippen molar-refractivity contribution in [1.82, 2.24) is 5.32 Å². The largest absolute Gasteiger partial charge is 0.391 e. The molecule has 1 saturated carbocycles. The van der Waals surface area contributed by atoms with Crippen LogP contribution in [0.25, 0.3) is 0 Å². The van der Waals surface area contributed by atoms with Crippen LogP contribution in [0.15, 0.2) is 36.4 Å². The van der Waals surface area contributed by atoms with E-state index in [4.69, 9.17) is 11.6 Å². The molecule has 0 aromatic heterocycles. The fourth-order valence-electron chi connectivity index (χ4n) is 4.39. The van der Waals surface area contributed by atoms with Crippen molar-refractivity contribution in [2.24, 2.45) is 11.8 Å². The first-order chi connectivity index (χ1) is 14.6. The van der Waals surface area contributed by atoms with Crippen LogP contribution in [0.4, 0.5) is 23.2 Å². The van der Waals surface area contributed by atoms with Crippen molar-refractivity contribution < 1.29 is 27.2 Å². The Hall–Kier alpha value is -2.61. The van der Waals surface area contributed by atoms with Crippen molar-refractivity contribution in [2.75, 3.05) is 5.32 Å². The summed E-state index contributed by atoms with van der Waals surface area (Å²) in [5, 5.41) is 5.67. The summed E-state index contributed by atoms with van der Waals surface area (Å²) in [6.07, 6.45) is -3.89. The summed E-state index contributed by atoms with van der Waals surface area (Å²) < 4.78 is 53.2. The van der Waals surface area contributed by atoms with Gasteiger partial charge >= 0.3 is 6.18 Å². The third-order valence-corrected chi connectivity index (χ3v) is 6.29. The lowest BCUT2D eigenvalue weighted by Gasteiger charge is -2.30. The second-order valence-electron chi connectivity index (χ2n) is 7.93. The van der Waals surface area contributed by atoms with Crippen LogP contribution in [0.3, 0.4) is 0 Å². The van der Waals surface area contributed by atoms with Crippen LogP contribution in [0.1, 0.15) is 53.2 Å². The number of halogens is 5. The van der Waals surface area contributed by atoms with Crippen LogP contribution in [-0.2, 0) is 4.79 Å². The molecule has 164 valence electrons. The average Bonchev–Trinajstić information content (AvgIpc) is 3.07.